The number of nitrogens with one attached hydrogen (secondary N) is 1. The van der Waals surface area contributed by atoms with Crippen LogP contribution >= 0.6 is 0 Å². The Bertz CT molecular complexity index is 876. The van der Waals surface area contributed by atoms with Crippen molar-refractivity contribution in [3.8, 4) is 11.5 Å². The van der Waals surface area contributed by atoms with E-state index < -0.39 is 18.3 Å². The molecule has 1 heterocycles. The van der Waals surface area contributed by atoms with Crippen LogP contribution in [0.5, 0.6) is 11.5 Å². The number of hydrogen-bond donors (Lipinski definition) is 1. The molecule has 1 aliphatic rings. The van der Waals surface area contributed by atoms with E-state index in [1.165, 1.54) is 13.2 Å². The molecule has 1 aromatic heterocycles. The molecule has 0 aliphatic heterocycles. The van der Waals surface area contributed by atoms with Crippen LogP contribution in [0, 0.1) is 6.92 Å². The molecule has 30 heavy (non-hydrogen) atoms. The molecule has 1 aliphatic carbocycles. The molecule has 10 heteroatoms. The van der Waals surface area contributed by atoms with E-state index >= 15 is 0 Å². The molecule has 2 aromatic rings. The van der Waals surface area contributed by atoms with E-state index in [1.807, 2.05) is 0 Å². The van der Waals surface area contributed by atoms with Crippen LogP contribution < -0.4 is 14.8 Å². The average Bonchev–Trinajstić information content (AvgIpc) is 3.34. The van der Waals surface area contributed by atoms with Gasteiger partial charge in [-0.3, -0.25) is 4.79 Å². The molecule has 1 N–H and O–H groups in total. The molecule has 1 amide bonds. The van der Waals surface area contributed by atoms with Crippen LogP contribution in [0.25, 0.3) is 0 Å². The van der Waals surface area contributed by atoms with Gasteiger partial charge in [0.25, 0.3) is 0 Å². The third kappa shape index (κ3) is 5.43. The van der Waals surface area contributed by atoms with Gasteiger partial charge in [0, 0.05) is 13.3 Å². The molecule has 164 valence electrons. The number of nitrogens with zero attached hydrogens (tertiary/aromatic N) is 2. The van der Waals surface area contributed by atoms with Crippen LogP contribution in [0.4, 0.5) is 13.2 Å². The van der Waals surface area contributed by atoms with Gasteiger partial charge in [0.05, 0.1) is 7.11 Å². The van der Waals surface area contributed by atoms with Gasteiger partial charge in [0.1, 0.15) is 5.54 Å². The van der Waals surface area contributed by atoms with E-state index in [-0.39, 0.29) is 23.8 Å². The van der Waals surface area contributed by atoms with Crippen LogP contribution in [0.1, 0.15) is 49.4 Å². The zero-order valence-corrected chi connectivity index (χ0v) is 16.8. The minimum atomic E-state index is -4.44. The Hall–Kier alpha value is -2.78. The molecule has 3 rings (SSSR count). The highest BCUT2D eigenvalue weighted by molar-refractivity contribution is 5.77. The van der Waals surface area contributed by atoms with E-state index in [0.717, 1.165) is 31.2 Å². The number of benzene rings is 1. The number of carbonyl (C=O) groups is 1. The van der Waals surface area contributed by atoms with Crippen molar-refractivity contribution in [3.05, 3.63) is 35.5 Å². The number of alkyl halides is 3. The molecule has 1 aromatic carbocycles. The summed E-state index contributed by atoms with van der Waals surface area (Å²) < 4.78 is 52.1. The molecule has 0 saturated heterocycles. The third-order valence-corrected chi connectivity index (χ3v) is 5.05. The summed E-state index contributed by atoms with van der Waals surface area (Å²) in [6, 6.07) is 4.61. The quantitative estimate of drug-likeness (QED) is 0.689. The Morgan fingerprint density at radius 1 is 1.27 bits per heavy atom. The smallest absolute Gasteiger partial charge is 0.422 e. The van der Waals surface area contributed by atoms with Crippen molar-refractivity contribution in [2.24, 2.45) is 0 Å². The largest absolute Gasteiger partial charge is 0.493 e. The molecule has 0 atom stereocenters. The molecule has 0 spiro atoms. The predicted octanol–water partition coefficient (Wildman–Crippen LogP) is 3.85. The molecule has 1 saturated carbocycles. The van der Waals surface area contributed by atoms with Gasteiger partial charge in [-0.05, 0) is 37.0 Å². The Kier molecular flexibility index (Phi) is 6.52. The summed E-state index contributed by atoms with van der Waals surface area (Å²) in [5.41, 5.74) is 0.138. The zero-order chi connectivity index (χ0) is 21.8. The molecular formula is C20H24F3N3O4. The third-order valence-electron chi connectivity index (χ3n) is 5.05. The van der Waals surface area contributed by atoms with Crippen molar-refractivity contribution < 1.29 is 32.0 Å². The highest BCUT2D eigenvalue weighted by Gasteiger charge is 2.41. The number of ether oxygens (including phenoxy) is 2. The first-order valence-electron chi connectivity index (χ1n) is 9.69. The highest BCUT2D eigenvalue weighted by Crippen LogP contribution is 2.37. The first kappa shape index (κ1) is 21.9. The first-order valence-corrected chi connectivity index (χ1v) is 9.69. The maximum Gasteiger partial charge on any atom is 0.422 e. The minimum Gasteiger partial charge on any atom is -0.493 e. The number of amides is 1. The maximum absolute atomic E-state index is 12.6. The van der Waals surface area contributed by atoms with Crippen molar-refractivity contribution in [1.82, 2.24) is 15.5 Å². The van der Waals surface area contributed by atoms with E-state index in [9.17, 15) is 18.0 Å². The maximum atomic E-state index is 12.6. The van der Waals surface area contributed by atoms with E-state index in [2.05, 4.69) is 15.5 Å². The van der Waals surface area contributed by atoms with Gasteiger partial charge in [-0.25, -0.2) is 0 Å². The monoisotopic (exact) mass is 427 g/mol. The summed E-state index contributed by atoms with van der Waals surface area (Å²) in [6.07, 6.45) is -0.425. The van der Waals surface area contributed by atoms with E-state index in [4.69, 9.17) is 14.0 Å². The Labute approximate surface area is 171 Å². The van der Waals surface area contributed by atoms with E-state index in [0.29, 0.717) is 18.1 Å². The van der Waals surface area contributed by atoms with E-state index in [1.54, 1.807) is 19.1 Å². The van der Waals surface area contributed by atoms with Crippen molar-refractivity contribution in [3.63, 3.8) is 0 Å². The zero-order valence-electron chi connectivity index (χ0n) is 16.8. The topological polar surface area (TPSA) is 86.5 Å². The van der Waals surface area contributed by atoms with Gasteiger partial charge in [-0.1, -0.05) is 24.1 Å². The minimum absolute atomic E-state index is 0.000381. The van der Waals surface area contributed by atoms with Crippen molar-refractivity contribution in [1.29, 1.82) is 0 Å². The van der Waals surface area contributed by atoms with Gasteiger partial charge < -0.3 is 19.3 Å². The summed E-state index contributed by atoms with van der Waals surface area (Å²) in [5, 5.41) is 7.06. The summed E-state index contributed by atoms with van der Waals surface area (Å²) in [7, 11) is 1.35. The second-order valence-electron chi connectivity index (χ2n) is 7.36. The molecular weight excluding hydrogens is 403 g/mol. The van der Waals surface area contributed by atoms with Gasteiger partial charge in [0.15, 0.2) is 23.9 Å². The fraction of sp³-hybridized carbons (Fsp3) is 0.550. The standard InChI is InChI=1S/C20H24F3N3O4/c1-13-24-18(26-30-13)19(9-3-4-10-19)25-17(27)8-6-14-5-7-15(16(11-14)28-2)29-12-20(21,22)23/h5,7,11H,3-4,6,8-10,12H2,1-2H3,(H,25,27). The number of aromatic nitrogens is 2. The molecule has 1 fully saturated rings. The summed E-state index contributed by atoms with van der Waals surface area (Å²) in [6.45, 7) is 0.305. The summed E-state index contributed by atoms with van der Waals surface area (Å²) >= 11 is 0. The fourth-order valence-electron chi connectivity index (χ4n) is 3.61. The Morgan fingerprint density at radius 2 is 2.00 bits per heavy atom. The predicted molar refractivity (Wildman–Crippen MR) is 100 cm³/mol. The van der Waals surface area contributed by atoms with Gasteiger partial charge in [-0.2, -0.15) is 18.2 Å². The van der Waals surface area contributed by atoms with Crippen molar-refractivity contribution >= 4 is 5.91 Å². The van der Waals surface area contributed by atoms with Crippen molar-refractivity contribution in [2.75, 3.05) is 13.7 Å². The molecule has 7 nitrogen and oxygen atoms in total. The second kappa shape index (κ2) is 8.93. The lowest BCUT2D eigenvalue weighted by atomic mass is 9.96. The lowest BCUT2D eigenvalue weighted by Gasteiger charge is -2.26. The molecule has 0 bridgehead atoms. The first-order chi connectivity index (χ1) is 14.2. The number of methoxy groups -OCH3 is 1. The Balaban J connectivity index is 1.61. The Morgan fingerprint density at radius 3 is 2.60 bits per heavy atom. The van der Waals surface area contributed by atoms with Crippen molar-refractivity contribution in [2.45, 2.75) is 57.2 Å². The fourth-order valence-corrected chi connectivity index (χ4v) is 3.61. The van der Waals surface area contributed by atoms with Crippen LogP contribution in [0.3, 0.4) is 0 Å². The number of aryl methyl sites for hydroxylation is 2. The number of halogens is 3. The molecule has 0 radical (unpaired) electrons. The number of rotatable bonds is 8. The highest BCUT2D eigenvalue weighted by atomic mass is 19.4. The second-order valence-corrected chi connectivity index (χ2v) is 7.36. The van der Waals surface area contributed by atoms with Gasteiger partial charge in [-0.15, -0.1) is 0 Å². The van der Waals surface area contributed by atoms with Crippen LogP contribution in [-0.2, 0) is 16.8 Å². The summed E-state index contributed by atoms with van der Waals surface area (Å²) in [5.74, 6) is 0.979. The number of carbonyl (C=O) groups excluding carboxylic acids is 1. The van der Waals surface area contributed by atoms with Gasteiger partial charge >= 0.3 is 6.18 Å². The van der Waals surface area contributed by atoms with Gasteiger partial charge in [0.2, 0.25) is 11.8 Å². The van der Waals surface area contributed by atoms with Crippen LogP contribution in [-0.4, -0.2) is 35.9 Å². The average molecular weight is 427 g/mol. The number of hydrogen-bond acceptors (Lipinski definition) is 6. The van der Waals surface area contributed by atoms with Crippen LogP contribution in [0.15, 0.2) is 22.7 Å². The lowest BCUT2D eigenvalue weighted by Crippen LogP contribution is -2.44. The summed E-state index contributed by atoms with van der Waals surface area (Å²) in [4.78, 5) is 16.9. The lowest BCUT2D eigenvalue weighted by molar-refractivity contribution is -0.153. The normalized spacial score (nSPS) is 15.8. The van der Waals surface area contributed by atoms with Crippen LogP contribution in [0.2, 0.25) is 0 Å². The SMILES string of the molecule is COc1cc(CCC(=O)NC2(c3noc(C)n3)CCCC2)ccc1OCC(F)(F)F. The molecule has 0 unspecified atom stereocenters.